The maximum absolute atomic E-state index is 5.81. The topological polar surface area (TPSA) is 51.8 Å². The molecule has 2 N–H and O–H groups in total. The first-order chi connectivity index (χ1) is 8.92. The second-order valence-corrected chi connectivity index (χ2v) is 6.23. The Morgan fingerprint density at radius 1 is 1.21 bits per heavy atom. The van der Waals surface area contributed by atoms with Crippen LogP contribution in [0.1, 0.15) is 25.4 Å². The van der Waals surface area contributed by atoms with Gasteiger partial charge in [0.1, 0.15) is 5.82 Å². The summed E-state index contributed by atoms with van der Waals surface area (Å²) in [5, 5.41) is 0. The largest absolute Gasteiger partial charge is 0.329 e. The van der Waals surface area contributed by atoms with Crippen molar-refractivity contribution >= 4 is 15.9 Å². The zero-order chi connectivity index (χ0) is 14.0. The number of nitrogens with two attached hydrogens (primary N) is 1. The van der Waals surface area contributed by atoms with E-state index in [1.54, 1.807) is 0 Å². The van der Waals surface area contributed by atoms with E-state index < -0.39 is 0 Å². The zero-order valence-electron chi connectivity index (χ0n) is 11.4. The Kier molecular flexibility index (Phi) is 4.02. The van der Waals surface area contributed by atoms with Crippen molar-refractivity contribution in [1.29, 1.82) is 0 Å². The molecular weight excluding hydrogens is 302 g/mol. The van der Waals surface area contributed by atoms with Gasteiger partial charge in [0, 0.05) is 27.7 Å². The van der Waals surface area contributed by atoms with Gasteiger partial charge in [-0.15, -0.1) is 0 Å². The highest BCUT2D eigenvalue weighted by Crippen LogP contribution is 2.25. The number of nitrogens with zero attached hydrogens (tertiary/aromatic N) is 2. The van der Waals surface area contributed by atoms with Crippen molar-refractivity contribution in [3.8, 4) is 11.3 Å². The Labute approximate surface area is 122 Å². The molecule has 1 heterocycles. The molecule has 2 rings (SSSR count). The van der Waals surface area contributed by atoms with Gasteiger partial charge in [-0.3, -0.25) is 0 Å². The molecule has 0 unspecified atom stereocenters. The summed E-state index contributed by atoms with van der Waals surface area (Å²) in [6.45, 7) is 6.63. The van der Waals surface area contributed by atoms with Crippen LogP contribution in [-0.4, -0.2) is 16.5 Å². The van der Waals surface area contributed by atoms with Crippen LogP contribution in [-0.2, 0) is 5.41 Å². The average molecular weight is 320 g/mol. The highest BCUT2D eigenvalue weighted by atomic mass is 79.9. The summed E-state index contributed by atoms with van der Waals surface area (Å²) >= 11 is 3.49. The molecule has 0 spiro atoms. The second kappa shape index (κ2) is 5.39. The van der Waals surface area contributed by atoms with Gasteiger partial charge in [-0.2, -0.15) is 0 Å². The minimum Gasteiger partial charge on any atom is -0.329 e. The molecule has 0 aliphatic rings. The van der Waals surface area contributed by atoms with Crippen LogP contribution >= 0.6 is 15.9 Å². The van der Waals surface area contributed by atoms with Gasteiger partial charge >= 0.3 is 0 Å². The van der Waals surface area contributed by atoms with E-state index in [1.165, 1.54) is 0 Å². The molecule has 0 saturated heterocycles. The fraction of sp³-hybridized carbons (Fsp3) is 0.333. The lowest BCUT2D eigenvalue weighted by molar-refractivity contribution is 0.501. The van der Waals surface area contributed by atoms with Crippen LogP contribution in [0.5, 0.6) is 0 Å². The Balaban J connectivity index is 2.54. The fourth-order valence-corrected chi connectivity index (χ4v) is 2.16. The van der Waals surface area contributed by atoms with Crippen LogP contribution in [0.15, 0.2) is 34.8 Å². The minimum absolute atomic E-state index is 0.215. The third-order valence-corrected chi connectivity index (χ3v) is 3.58. The SMILES string of the molecule is Cc1cc(-c2cccc(Br)c2)nc(C(C)(C)CN)n1. The summed E-state index contributed by atoms with van der Waals surface area (Å²) in [6, 6.07) is 10.1. The molecule has 0 aliphatic carbocycles. The molecule has 3 nitrogen and oxygen atoms in total. The predicted molar refractivity (Wildman–Crippen MR) is 82.0 cm³/mol. The van der Waals surface area contributed by atoms with Gasteiger partial charge in [0.15, 0.2) is 0 Å². The highest BCUT2D eigenvalue weighted by molar-refractivity contribution is 9.10. The number of hydrogen-bond donors (Lipinski definition) is 1. The first-order valence-electron chi connectivity index (χ1n) is 6.24. The van der Waals surface area contributed by atoms with Gasteiger partial charge in [0.05, 0.1) is 5.69 Å². The van der Waals surface area contributed by atoms with Crippen LogP contribution in [0.4, 0.5) is 0 Å². The van der Waals surface area contributed by atoms with E-state index in [4.69, 9.17) is 5.73 Å². The van der Waals surface area contributed by atoms with Gasteiger partial charge in [0.2, 0.25) is 0 Å². The molecule has 1 aromatic heterocycles. The van der Waals surface area contributed by atoms with Crippen molar-refractivity contribution in [2.45, 2.75) is 26.2 Å². The van der Waals surface area contributed by atoms with E-state index in [2.05, 4.69) is 45.8 Å². The quantitative estimate of drug-likeness (QED) is 0.942. The first-order valence-corrected chi connectivity index (χ1v) is 7.04. The third-order valence-electron chi connectivity index (χ3n) is 3.09. The van der Waals surface area contributed by atoms with Crippen LogP contribution in [0, 0.1) is 6.92 Å². The lowest BCUT2D eigenvalue weighted by atomic mass is 9.92. The maximum atomic E-state index is 5.81. The van der Waals surface area contributed by atoms with Crippen molar-refractivity contribution in [3.63, 3.8) is 0 Å². The number of rotatable bonds is 3. The fourth-order valence-electron chi connectivity index (χ4n) is 1.76. The van der Waals surface area contributed by atoms with Crippen LogP contribution in [0.3, 0.4) is 0 Å². The maximum Gasteiger partial charge on any atom is 0.136 e. The molecule has 0 fully saturated rings. The summed E-state index contributed by atoms with van der Waals surface area (Å²) in [7, 11) is 0. The summed E-state index contributed by atoms with van der Waals surface area (Å²) < 4.78 is 1.04. The Morgan fingerprint density at radius 3 is 2.58 bits per heavy atom. The van der Waals surface area contributed by atoms with Gasteiger partial charge < -0.3 is 5.73 Å². The summed E-state index contributed by atoms with van der Waals surface area (Å²) in [5.74, 6) is 0.796. The normalized spacial score (nSPS) is 11.6. The molecule has 0 radical (unpaired) electrons. The second-order valence-electron chi connectivity index (χ2n) is 5.32. The third kappa shape index (κ3) is 3.19. The van der Waals surface area contributed by atoms with E-state index >= 15 is 0 Å². The Hall–Kier alpha value is -1.26. The van der Waals surface area contributed by atoms with E-state index in [1.807, 2.05) is 31.2 Å². The molecule has 0 atom stereocenters. The molecule has 0 aliphatic heterocycles. The molecular formula is C15H18BrN3. The van der Waals surface area contributed by atoms with Crippen LogP contribution in [0.2, 0.25) is 0 Å². The Bertz CT molecular complexity index is 594. The molecule has 0 amide bonds. The van der Waals surface area contributed by atoms with Crippen LogP contribution < -0.4 is 5.73 Å². The van der Waals surface area contributed by atoms with Crippen LogP contribution in [0.25, 0.3) is 11.3 Å². The van der Waals surface area contributed by atoms with Gasteiger partial charge in [-0.1, -0.05) is 41.9 Å². The van der Waals surface area contributed by atoms with Gasteiger partial charge in [0.25, 0.3) is 0 Å². The summed E-state index contributed by atoms with van der Waals surface area (Å²) in [5.41, 5.74) is 8.57. The van der Waals surface area contributed by atoms with Crippen molar-refractivity contribution in [2.75, 3.05) is 6.54 Å². The molecule has 1 aromatic carbocycles. The van der Waals surface area contributed by atoms with Crippen molar-refractivity contribution in [1.82, 2.24) is 9.97 Å². The van der Waals surface area contributed by atoms with E-state index in [-0.39, 0.29) is 5.41 Å². The zero-order valence-corrected chi connectivity index (χ0v) is 13.0. The number of hydrogen-bond acceptors (Lipinski definition) is 3. The number of aryl methyl sites for hydroxylation is 1. The number of aromatic nitrogens is 2. The monoisotopic (exact) mass is 319 g/mol. The predicted octanol–water partition coefficient (Wildman–Crippen LogP) is 3.45. The van der Waals surface area contributed by atoms with Crippen molar-refractivity contribution in [2.24, 2.45) is 5.73 Å². The van der Waals surface area contributed by atoms with Crippen molar-refractivity contribution < 1.29 is 0 Å². The molecule has 4 heteroatoms. The molecule has 19 heavy (non-hydrogen) atoms. The van der Waals surface area contributed by atoms with E-state index in [0.29, 0.717) is 6.54 Å². The van der Waals surface area contributed by atoms with E-state index in [9.17, 15) is 0 Å². The van der Waals surface area contributed by atoms with E-state index in [0.717, 1.165) is 27.2 Å². The molecule has 2 aromatic rings. The smallest absolute Gasteiger partial charge is 0.136 e. The lowest BCUT2D eigenvalue weighted by Gasteiger charge is -2.21. The lowest BCUT2D eigenvalue weighted by Crippen LogP contribution is -2.30. The molecule has 0 saturated carbocycles. The first kappa shape index (κ1) is 14.2. The van der Waals surface area contributed by atoms with Gasteiger partial charge in [-0.05, 0) is 25.1 Å². The average Bonchev–Trinajstić information content (AvgIpc) is 2.38. The summed E-state index contributed by atoms with van der Waals surface area (Å²) in [6.07, 6.45) is 0. The van der Waals surface area contributed by atoms with Crippen molar-refractivity contribution in [3.05, 3.63) is 46.3 Å². The molecule has 100 valence electrons. The number of benzene rings is 1. The Morgan fingerprint density at radius 2 is 1.95 bits per heavy atom. The summed E-state index contributed by atoms with van der Waals surface area (Å²) in [4.78, 5) is 9.20. The van der Waals surface area contributed by atoms with Gasteiger partial charge in [-0.25, -0.2) is 9.97 Å². The standard InChI is InChI=1S/C15H18BrN3/c1-10-7-13(11-5-4-6-12(16)8-11)19-14(18-10)15(2,3)9-17/h4-8H,9,17H2,1-3H3. The number of halogens is 1. The molecule has 0 bridgehead atoms. The minimum atomic E-state index is -0.215. The highest BCUT2D eigenvalue weighted by Gasteiger charge is 2.23.